The van der Waals surface area contributed by atoms with Crippen LogP contribution >= 0.6 is 11.8 Å². The Morgan fingerprint density at radius 2 is 2.33 bits per heavy atom. The molecule has 1 amide bonds. The minimum atomic E-state index is -0.429. The van der Waals surface area contributed by atoms with Crippen LogP contribution in [0.3, 0.4) is 0 Å². The van der Waals surface area contributed by atoms with Crippen molar-refractivity contribution in [3.63, 3.8) is 0 Å². The lowest BCUT2D eigenvalue weighted by Crippen LogP contribution is -2.34. The van der Waals surface area contributed by atoms with Gasteiger partial charge in [0.1, 0.15) is 17.1 Å². The zero-order chi connectivity index (χ0) is 15.0. The third-order valence-electron chi connectivity index (χ3n) is 3.34. The summed E-state index contributed by atoms with van der Waals surface area (Å²) in [6.45, 7) is 4.25. The van der Waals surface area contributed by atoms with Crippen molar-refractivity contribution in [1.82, 2.24) is 14.9 Å². The van der Waals surface area contributed by atoms with E-state index in [1.165, 1.54) is 18.0 Å². The van der Waals surface area contributed by atoms with Crippen LogP contribution in [-0.2, 0) is 6.54 Å². The number of rotatable bonds is 3. The number of amides is 1. The summed E-state index contributed by atoms with van der Waals surface area (Å²) >= 11 is 1.52. The van der Waals surface area contributed by atoms with E-state index < -0.39 is 5.91 Å². The molecule has 1 aliphatic heterocycles. The van der Waals surface area contributed by atoms with Gasteiger partial charge in [0, 0.05) is 18.5 Å². The van der Waals surface area contributed by atoms with Crippen LogP contribution in [0.2, 0.25) is 0 Å². The van der Waals surface area contributed by atoms with Crippen LogP contribution in [-0.4, -0.2) is 21.2 Å². The molecule has 0 aliphatic carbocycles. The number of furan rings is 1. The number of nitrogens with one attached hydrogen (secondary N) is 1. The molecule has 2 aromatic rings. The summed E-state index contributed by atoms with van der Waals surface area (Å²) in [5.41, 5.74) is -0.221. The maximum absolute atomic E-state index is 12.2. The van der Waals surface area contributed by atoms with E-state index in [9.17, 15) is 9.59 Å². The lowest BCUT2D eigenvalue weighted by atomic mass is 10.2. The van der Waals surface area contributed by atoms with Crippen molar-refractivity contribution in [2.75, 3.05) is 5.75 Å². The topological polar surface area (TPSA) is 77.1 Å². The fraction of sp³-hybridized carbons (Fsp3) is 0.357. The zero-order valence-electron chi connectivity index (χ0n) is 11.8. The number of nitrogens with zero attached hydrogens (tertiary/aromatic N) is 2. The third-order valence-corrected chi connectivity index (χ3v) is 4.31. The minimum absolute atomic E-state index is 0.0661. The molecule has 3 rings (SSSR count). The molecule has 0 radical (unpaired) electrons. The molecule has 0 aromatic carbocycles. The van der Waals surface area contributed by atoms with Gasteiger partial charge >= 0.3 is 0 Å². The third kappa shape index (κ3) is 2.61. The lowest BCUT2D eigenvalue weighted by molar-refractivity contribution is 0.0932. The summed E-state index contributed by atoms with van der Waals surface area (Å²) in [5, 5.41) is 3.44. The molecule has 0 unspecified atom stereocenters. The SMILES string of the molecule is Cc1ccc([C@H](C)NC(=O)c2cnc3n(c2=O)CCS3)o1. The highest BCUT2D eigenvalue weighted by atomic mass is 32.2. The van der Waals surface area contributed by atoms with Crippen molar-refractivity contribution in [2.24, 2.45) is 0 Å². The molecule has 21 heavy (non-hydrogen) atoms. The van der Waals surface area contributed by atoms with E-state index in [0.717, 1.165) is 11.5 Å². The number of hydrogen-bond donors (Lipinski definition) is 1. The maximum Gasteiger partial charge on any atom is 0.267 e. The molecule has 1 aliphatic rings. The van der Waals surface area contributed by atoms with E-state index in [-0.39, 0.29) is 17.2 Å². The molecule has 110 valence electrons. The van der Waals surface area contributed by atoms with Crippen LogP contribution in [0.25, 0.3) is 0 Å². The molecule has 0 saturated carbocycles. The Morgan fingerprint density at radius 1 is 1.52 bits per heavy atom. The Labute approximate surface area is 125 Å². The number of fused-ring (bicyclic) bond motifs is 1. The molecule has 0 fully saturated rings. The van der Waals surface area contributed by atoms with Crippen molar-refractivity contribution in [1.29, 1.82) is 0 Å². The molecule has 0 saturated heterocycles. The molecule has 1 atom stereocenters. The first-order valence-electron chi connectivity index (χ1n) is 6.66. The van der Waals surface area contributed by atoms with Gasteiger partial charge in [-0.2, -0.15) is 0 Å². The normalized spacial score (nSPS) is 14.8. The van der Waals surface area contributed by atoms with Gasteiger partial charge in [0.05, 0.1) is 6.04 Å². The summed E-state index contributed by atoms with van der Waals surface area (Å²) in [7, 11) is 0. The average Bonchev–Trinajstić information content (AvgIpc) is 3.07. The predicted octanol–water partition coefficient (Wildman–Crippen LogP) is 1.74. The molecule has 6 nitrogen and oxygen atoms in total. The first-order chi connectivity index (χ1) is 10.1. The first kappa shape index (κ1) is 13.9. The van der Waals surface area contributed by atoms with Gasteiger partial charge in [-0.1, -0.05) is 11.8 Å². The van der Waals surface area contributed by atoms with E-state index in [0.29, 0.717) is 17.5 Å². The highest BCUT2D eigenvalue weighted by molar-refractivity contribution is 7.99. The molecule has 2 aromatic heterocycles. The van der Waals surface area contributed by atoms with E-state index in [2.05, 4.69) is 10.3 Å². The van der Waals surface area contributed by atoms with Gasteiger partial charge in [0.15, 0.2) is 5.16 Å². The van der Waals surface area contributed by atoms with Gasteiger partial charge in [-0.25, -0.2) is 4.98 Å². The van der Waals surface area contributed by atoms with Crippen molar-refractivity contribution in [2.45, 2.75) is 31.6 Å². The molecule has 0 bridgehead atoms. The second-order valence-electron chi connectivity index (χ2n) is 4.90. The van der Waals surface area contributed by atoms with Crippen LogP contribution in [0.4, 0.5) is 0 Å². The standard InChI is InChI=1S/C14H15N3O3S/c1-8-3-4-11(20-8)9(2)16-12(18)10-7-15-14-17(13(10)19)5-6-21-14/h3-4,7,9H,5-6H2,1-2H3,(H,16,18)/t9-/m0/s1. The predicted molar refractivity (Wildman–Crippen MR) is 78.5 cm³/mol. The number of aromatic nitrogens is 2. The van der Waals surface area contributed by atoms with Gasteiger partial charge < -0.3 is 9.73 Å². The van der Waals surface area contributed by atoms with Gasteiger partial charge in [-0.05, 0) is 26.0 Å². The van der Waals surface area contributed by atoms with Crippen molar-refractivity contribution in [3.05, 3.63) is 45.8 Å². The maximum atomic E-state index is 12.2. The van der Waals surface area contributed by atoms with Crippen LogP contribution in [0.15, 0.2) is 32.7 Å². The van der Waals surface area contributed by atoms with Crippen molar-refractivity contribution >= 4 is 17.7 Å². The number of hydrogen-bond acceptors (Lipinski definition) is 5. The van der Waals surface area contributed by atoms with Gasteiger partial charge in [0.2, 0.25) is 0 Å². The average molecular weight is 305 g/mol. The summed E-state index contributed by atoms with van der Waals surface area (Å²) in [6.07, 6.45) is 1.35. The van der Waals surface area contributed by atoms with E-state index >= 15 is 0 Å². The summed E-state index contributed by atoms with van der Waals surface area (Å²) in [4.78, 5) is 28.7. The molecular formula is C14H15N3O3S. The Morgan fingerprint density at radius 3 is 3.05 bits per heavy atom. The fourth-order valence-electron chi connectivity index (χ4n) is 2.20. The van der Waals surface area contributed by atoms with Crippen LogP contribution in [0.1, 0.15) is 34.8 Å². The highest BCUT2D eigenvalue weighted by Gasteiger charge is 2.21. The number of carbonyl (C=O) groups excluding carboxylic acids is 1. The zero-order valence-corrected chi connectivity index (χ0v) is 12.6. The van der Waals surface area contributed by atoms with Crippen molar-refractivity contribution in [3.8, 4) is 0 Å². The van der Waals surface area contributed by atoms with Crippen molar-refractivity contribution < 1.29 is 9.21 Å². The smallest absolute Gasteiger partial charge is 0.267 e. The van der Waals surface area contributed by atoms with E-state index in [1.54, 1.807) is 4.57 Å². The molecular weight excluding hydrogens is 290 g/mol. The Hall–Kier alpha value is -2.02. The fourth-order valence-corrected chi connectivity index (χ4v) is 3.12. The summed E-state index contributed by atoms with van der Waals surface area (Å²) < 4.78 is 7.01. The Bertz CT molecular complexity index is 750. The largest absolute Gasteiger partial charge is 0.464 e. The Balaban J connectivity index is 1.81. The monoisotopic (exact) mass is 305 g/mol. The van der Waals surface area contributed by atoms with E-state index in [4.69, 9.17) is 4.42 Å². The molecule has 3 heterocycles. The second-order valence-corrected chi connectivity index (χ2v) is 5.97. The number of carbonyl (C=O) groups is 1. The second kappa shape index (κ2) is 5.40. The van der Waals surface area contributed by atoms with Crippen LogP contribution in [0.5, 0.6) is 0 Å². The minimum Gasteiger partial charge on any atom is -0.464 e. The van der Waals surface area contributed by atoms with Crippen LogP contribution < -0.4 is 10.9 Å². The number of aryl methyl sites for hydroxylation is 1. The Kier molecular flexibility index (Phi) is 3.59. The van der Waals surface area contributed by atoms with Gasteiger partial charge in [0.25, 0.3) is 11.5 Å². The van der Waals surface area contributed by atoms with E-state index in [1.807, 2.05) is 26.0 Å². The van der Waals surface area contributed by atoms with Gasteiger partial charge in [-0.3, -0.25) is 14.2 Å². The highest BCUT2D eigenvalue weighted by Crippen LogP contribution is 2.21. The molecule has 1 N–H and O–H groups in total. The molecule has 7 heteroatoms. The molecule has 0 spiro atoms. The lowest BCUT2D eigenvalue weighted by Gasteiger charge is -2.11. The summed E-state index contributed by atoms with van der Waals surface area (Å²) in [5.74, 6) is 1.82. The first-order valence-corrected chi connectivity index (χ1v) is 7.64. The quantitative estimate of drug-likeness (QED) is 0.874. The summed E-state index contributed by atoms with van der Waals surface area (Å²) in [6, 6.07) is 3.34. The van der Waals surface area contributed by atoms with Crippen LogP contribution in [0, 0.1) is 6.92 Å². The van der Waals surface area contributed by atoms with Gasteiger partial charge in [-0.15, -0.1) is 0 Å². The number of thioether (sulfide) groups is 1.